The van der Waals surface area contributed by atoms with Crippen molar-refractivity contribution in [3.8, 4) is 0 Å². The lowest BCUT2D eigenvalue weighted by Crippen LogP contribution is -2.03. The van der Waals surface area contributed by atoms with Gasteiger partial charge in [0.15, 0.2) is 0 Å². The molecule has 0 aliphatic rings. The van der Waals surface area contributed by atoms with Gasteiger partial charge in [-0.1, -0.05) is 0 Å². The molecule has 1 aromatic heterocycles. The molecule has 72 valence electrons. The van der Waals surface area contributed by atoms with Gasteiger partial charge >= 0.3 is 5.97 Å². The highest BCUT2D eigenvalue weighted by atomic mass is 16.5. The van der Waals surface area contributed by atoms with E-state index in [0.717, 1.165) is 16.5 Å². The topological polar surface area (TPSA) is 39.4 Å². The smallest absolute Gasteiger partial charge is 0.338 e. The number of carbonyl (C=O) groups excluding carboxylic acids is 1. The maximum atomic E-state index is 11.3. The van der Waals surface area contributed by atoms with Gasteiger partial charge < -0.3 is 9.15 Å². The average molecular weight is 190 g/mol. The van der Waals surface area contributed by atoms with Crippen LogP contribution in [0.1, 0.15) is 15.9 Å². The zero-order valence-corrected chi connectivity index (χ0v) is 8.03. The Morgan fingerprint density at radius 3 is 2.86 bits per heavy atom. The summed E-state index contributed by atoms with van der Waals surface area (Å²) in [5, 5.41) is 0.952. The number of methoxy groups -OCH3 is 1. The van der Waals surface area contributed by atoms with Gasteiger partial charge in [0.05, 0.1) is 18.9 Å². The summed E-state index contributed by atoms with van der Waals surface area (Å²) >= 11 is 0. The van der Waals surface area contributed by atoms with E-state index in [4.69, 9.17) is 4.42 Å². The first kappa shape index (κ1) is 8.81. The van der Waals surface area contributed by atoms with Crippen molar-refractivity contribution in [2.75, 3.05) is 7.11 Å². The maximum absolute atomic E-state index is 11.3. The molecule has 0 N–H and O–H groups in total. The zero-order valence-electron chi connectivity index (χ0n) is 8.03. The fourth-order valence-corrected chi connectivity index (χ4v) is 1.52. The standard InChI is InChI=1S/C11H10O3/c1-7-8-5-6-14-10(8)4-3-9(7)11(12)13-2/h3-6H,1-2H3. The van der Waals surface area contributed by atoms with Crippen LogP contribution in [0.25, 0.3) is 11.0 Å². The van der Waals surface area contributed by atoms with Crippen LogP contribution in [0.5, 0.6) is 0 Å². The first-order valence-electron chi connectivity index (χ1n) is 4.29. The van der Waals surface area contributed by atoms with E-state index in [1.54, 1.807) is 18.4 Å². The largest absolute Gasteiger partial charge is 0.465 e. The number of hydrogen-bond donors (Lipinski definition) is 0. The van der Waals surface area contributed by atoms with Crippen molar-refractivity contribution >= 4 is 16.9 Å². The lowest BCUT2D eigenvalue weighted by Gasteiger charge is -2.03. The molecule has 14 heavy (non-hydrogen) atoms. The highest BCUT2D eigenvalue weighted by Gasteiger charge is 2.12. The zero-order chi connectivity index (χ0) is 10.1. The summed E-state index contributed by atoms with van der Waals surface area (Å²) in [7, 11) is 1.38. The van der Waals surface area contributed by atoms with Crippen LogP contribution in [0.3, 0.4) is 0 Å². The van der Waals surface area contributed by atoms with Crippen LogP contribution < -0.4 is 0 Å². The van der Waals surface area contributed by atoms with Crippen LogP contribution in [0.2, 0.25) is 0 Å². The summed E-state index contributed by atoms with van der Waals surface area (Å²) in [6.45, 7) is 1.88. The molecule has 2 rings (SSSR count). The molecule has 0 saturated carbocycles. The number of esters is 1. The van der Waals surface area contributed by atoms with Crippen LogP contribution in [0.4, 0.5) is 0 Å². The van der Waals surface area contributed by atoms with Crippen LogP contribution in [0.15, 0.2) is 28.9 Å². The first-order valence-corrected chi connectivity index (χ1v) is 4.29. The number of ether oxygens (including phenoxy) is 1. The van der Waals surface area contributed by atoms with Gasteiger partial charge in [0.25, 0.3) is 0 Å². The Kier molecular flexibility index (Phi) is 2.00. The van der Waals surface area contributed by atoms with Crippen molar-refractivity contribution < 1.29 is 13.9 Å². The molecule has 2 aromatic rings. The molecule has 0 bridgehead atoms. The molecule has 0 fully saturated rings. The van der Waals surface area contributed by atoms with E-state index in [9.17, 15) is 4.79 Å². The third-order valence-electron chi connectivity index (χ3n) is 2.31. The lowest BCUT2D eigenvalue weighted by atomic mass is 10.1. The van der Waals surface area contributed by atoms with E-state index in [1.165, 1.54) is 7.11 Å². The number of hydrogen-bond acceptors (Lipinski definition) is 3. The Morgan fingerprint density at radius 2 is 2.14 bits per heavy atom. The van der Waals surface area contributed by atoms with E-state index >= 15 is 0 Å². The van der Waals surface area contributed by atoms with E-state index in [0.29, 0.717) is 5.56 Å². The highest BCUT2D eigenvalue weighted by molar-refractivity contribution is 5.97. The molecule has 0 atom stereocenters. The predicted molar refractivity (Wildman–Crippen MR) is 52.3 cm³/mol. The highest BCUT2D eigenvalue weighted by Crippen LogP contribution is 2.23. The van der Waals surface area contributed by atoms with Gasteiger partial charge in [-0.25, -0.2) is 4.79 Å². The monoisotopic (exact) mass is 190 g/mol. The van der Waals surface area contributed by atoms with Crippen LogP contribution in [0, 0.1) is 6.92 Å². The number of furan rings is 1. The van der Waals surface area contributed by atoms with Crippen LogP contribution in [-0.4, -0.2) is 13.1 Å². The number of fused-ring (bicyclic) bond motifs is 1. The Morgan fingerprint density at radius 1 is 1.36 bits per heavy atom. The van der Waals surface area contributed by atoms with Gasteiger partial charge in [0.2, 0.25) is 0 Å². The van der Waals surface area contributed by atoms with Crippen molar-refractivity contribution in [2.24, 2.45) is 0 Å². The molecule has 3 heteroatoms. The fourth-order valence-electron chi connectivity index (χ4n) is 1.52. The number of aryl methyl sites for hydroxylation is 1. The van der Waals surface area contributed by atoms with Gasteiger partial charge in [-0.3, -0.25) is 0 Å². The summed E-state index contributed by atoms with van der Waals surface area (Å²) in [5.74, 6) is -0.314. The normalized spacial score (nSPS) is 10.4. The Bertz CT molecular complexity index is 482. The minimum atomic E-state index is -0.314. The van der Waals surface area contributed by atoms with E-state index in [1.807, 2.05) is 13.0 Å². The van der Waals surface area contributed by atoms with Crippen molar-refractivity contribution in [3.05, 3.63) is 35.6 Å². The quantitative estimate of drug-likeness (QED) is 0.648. The molecular weight excluding hydrogens is 180 g/mol. The van der Waals surface area contributed by atoms with Crippen molar-refractivity contribution in [3.63, 3.8) is 0 Å². The van der Waals surface area contributed by atoms with Crippen molar-refractivity contribution in [2.45, 2.75) is 6.92 Å². The summed E-state index contributed by atoms with van der Waals surface area (Å²) in [5.41, 5.74) is 2.26. The Balaban J connectivity index is 2.67. The van der Waals surface area contributed by atoms with E-state index in [-0.39, 0.29) is 5.97 Å². The molecule has 1 heterocycles. The van der Waals surface area contributed by atoms with Gasteiger partial charge in [-0.2, -0.15) is 0 Å². The van der Waals surface area contributed by atoms with Crippen molar-refractivity contribution in [1.29, 1.82) is 0 Å². The Hall–Kier alpha value is -1.77. The number of benzene rings is 1. The van der Waals surface area contributed by atoms with E-state index < -0.39 is 0 Å². The molecule has 0 spiro atoms. The fraction of sp³-hybridized carbons (Fsp3) is 0.182. The molecule has 0 aliphatic heterocycles. The minimum Gasteiger partial charge on any atom is -0.465 e. The Labute approximate surface area is 81.3 Å². The predicted octanol–water partition coefficient (Wildman–Crippen LogP) is 2.53. The molecule has 0 unspecified atom stereocenters. The molecule has 0 aliphatic carbocycles. The van der Waals surface area contributed by atoms with Crippen molar-refractivity contribution in [1.82, 2.24) is 0 Å². The third-order valence-corrected chi connectivity index (χ3v) is 2.31. The number of rotatable bonds is 1. The molecule has 0 amide bonds. The van der Waals surface area contributed by atoms with Gasteiger partial charge in [0, 0.05) is 5.39 Å². The van der Waals surface area contributed by atoms with Gasteiger partial charge in [0.1, 0.15) is 5.58 Å². The molecule has 0 radical (unpaired) electrons. The second-order valence-corrected chi connectivity index (χ2v) is 3.06. The lowest BCUT2D eigenvalue weighted by molar-refractivity contribution is 0.0600. The van der Waals surface area contributed by atoms with Crippen LogP contribution >= 0.6 is 0 Å². The minimum absolute atomic E-state index is 0.314. The summed E-state index contributed by atoms with van der Waals surface area (Å²) in [6, 6.07) is 5.33. The van der Waals surface area contributed by atoms with Crippen LogP contribution in [-0.2, 0) is 4.74 Å². The number of carbonyl (C=O) groups is 1. The van der Waals surface area contributed by atoms with E-state index in [2.05, 4.69) is 4.74 Å². The average Bonchev–Trinajstić information content (AvgIpc) is 2.66. The first-order chi connectivity index (χ1) is 6.74. The molecule has 1 aromatic carbocycles. The van der Waals surface area contributed by atoms with Gasteiger partial charge in [-0.15, -0.1) is 0 Å². The second kappa shape index (κ2) is 3.18. The van der Waals surface area contributed by atoms with Gasteiger partial charge in [-0.05, 0) is 30.7 Å². The summed E-state index contributed by atoms with van der Waals surface area (Å²) in [6.07, 6.45) is 1.61. The second-order valence-electron chi connectivity index (χ2n) is 3.06. The molecular formula is C11H10O3. The SMILES string of the molecule is COC(=O)c1ccc2occc2c1C. The summed E-state index contributed by atoms with van der Waals surface area (Å²) < 4.78 is 9.89. The maximum Gasteiger partial charge on any atom is 0.338 e. The molecule has 0 saturated heterocycles. The molecule has 3 nitrogen and oxygen atoms in total. The third kappa shape index (κ3) is 1.18. The summed E-state index contributed by atoms with van der Waals surface area (Å²) in [4.78, 5) is 11.3.